The summed E-state index contributed by atoms with van der Waals surface area (Å²) in [6, 6.07) is 0.381. The van der Waals surface area contributed by atoms with Crippen LogP contribution in [0.25, 0.3) is 0 Å². The molecule has 0 aromatic heterocycles. The van der Waals surface area contributed by atoms with Crippen LogP contribution in [-0.4, -0.2) is 48.2 Å². The number of nitrogens with zero attached hydrogens (tertiary/aromatic N) is 1. The minimum absolute atomic E-state index is 0.209. The van der Waals surface area contributed by atoms with Crippen LogP contribution in [0, 0.1) is 11.8 Å². The lowest BCUT2D eigenvalue weighted by molar-refractivity contribution is -0.139. The van der Waals surface area contributed by atoms with Crippen molar-refractivity contribution in [2.75, 3.05) is 26.2 Å². The lowest BCUT2D eigenvalue weighted by atomic mass is 9.86. The summed E-state index contributed by atoms with van der Waals surface area (Å²) in [5, 5.41) is 12.3. The molecule has 0 aliphatic carbocycles. The number of carbonyl (C=O) groups is 1. The molecule has 18 heavy (non-hydrogen) atoms. The standard InChI is InChI=1S/C14H26N2O2/c1-11-10-15-7-6-13(11)14(18)16-8-2-4-12(16)5-3-9-17/h11-13,15,17H,2-10H2,1H3. The molecular formula is C14H26N2O2. The van der Waals surface area contributed by atoms with Gasteiger partial charge in [-0.05, 0) is 51.1 Å². The Labute approximate surface area is 110 Å². The van der Waals surface area contributed by atoms with Crippen molar-refractivity contribution in [2.45, 2.75) is 45.1 Å². The van der Waals surface area contributed by atoms with Crippen LogP contribution in [0.15, 0.2) is 0 Å². The molecule has 2 aliphatic rings. The van der Waals surface area contributed by atoms with Gasteiger partial charge in [0.1, 0.15) is 0 Å². The van der Waals surface area contributed by atoms with Gasteiger partial charge in [0.15, 0.2) is 0 Å². The van der Waals surface area contributed by atoms with Gasteiger partial charge in [-0.15, -0.1) is 0 Å². The Kier molecular flexibility index (Phi) is 5.01. The molecular weight excluding hydrogens is 228 g/mol. The highest BCUT2D eigenvalue weighted by atomic mass is 16.3. The normalized spacial score (nSPS) is 32.8. The summed E-state index contributed by atoms with van der Waals surface area (Å²) in [5.74, 6) is 1.02. The third kappa shape index (κ3) is 3.04. The fourth-order valence-electron chi connectivity index (χ4n) is 3.35. The van der Waals surface area contributed by atoms with Crippen LogP contribution in [0.4, 0.5) is 0 Å². The molecule has 2 aliphatic heterocycles. The van der Waals surface area contributed by atoms with E-state index in [0.29, 0.717) is 17.9 Å². The van der Waals surface area contributed by atoms with Crippen LogP contribution in [-0.2, 0) is 4.79 Å². The minimum atomic E-state index is 0.209. The van der Waals surface area contributed by atoms with Crippen LogP contribution >= 0.6 is 0 Å². The van der Waals surface area contributed by atoms with Gasteiger partial charge in [-0.2, -0.15) is 0 Å². The lowest BCUT2D eigenvalue weighted by Crippen LogP contribution is -2.46. The van der Waals surface area contributed by atoms with E-state index < -0.39 is 0 Å². The number of piperidine rings is 1. The average molecular weight is 254 g/mol. The highest BCUT2D eigenvalue weighted by molar-refractivity contribution is 5.80. The number of nitrogens with one attached hydrogen (secondary N) is 1. The maximum absolute atomic E-state index is 12.6. The number of aliphatic hydroxyl groups is 1. The lowest BCUT2D eigenvalue weighted by Gasteiger charge is -2.34. The second-order valence-electron chi connectivity index (χ2n) is 5.77. The van der Waals surface area contributed by atoms with E-state index in [4.69, 9.17) is 5.11 Å². The molecule has 0 bridgehead atoms. The van der Waals surface area contributed by atoms with Crippen molar-refractivity contribution in [2.24, 2.45) is 11.8 Å². The summed E-state index contributed by atoms with van der Waals surface area (Å²) >= 11 is 0. The van der Waals surface area contributed by atoms with E-state index in [9.17, 15) is 4.79 Å². The number of hydrogen-bond acceptors (Lipinski definition) is 3. The fourth-order valence-corrected chi connectivity index (χ4v) is 3.35. The Hall–Kier alpha value is -0.610. The second-order valence-corrected chi connectivity index (χ2v) is 5.77. The molecule has 0 aromatic carbocycles. The number of amides is 1. The maximum atomic E-state index is 12.6. The fraction of sp³-hybridized carbons (Fsp3) is 0.929. The van der Waals surface area contributed by atoms with Gasteiger partial charge in [0, 0.05) is 25.1 Å². The Balaban J connectivity index is 1.94. The Bertz CT molecular complexity index is 283. The summed E-state index contributed by atoms with van der Waals surface area (Å²) in [6.45, 7) is 5.27. The summed E-state index contributed by atoms with van der Waals surface area (Å²) < 4.78 is 0. The van der Waals surface area contributed by atoms with Crippen molar-refractivity contribution in [3.8, 4) is 0 Å². The van der Waals surface area contributed by atoms with Gasteiger partial charge in [0.2, 0.25) is 5.91 Å². The van der Waals surface area contributed by atoms with Gasteiger partial charge in [0.05, 0.1) is 0 Å². The van der Waals surface area contributed by atoms with Gasteiger partial charge in [0.25, 0.3) is 0 Å². The summed E-state index contributed by atoms with van der Waals surface area (Å²) in [7, 11) is 0. The third-order valence-electron chi connectivity index (χ3n) is 4.46. The highest BCUT2D eigenvalue weighted by Crippen LogP contribution is 2.28. The van der Waals surface area contributed by atoms with Crippen molar-refractivity contribution in [3.05, 3.63) is 0 Å². The van der Waals surface area contributed by atoms with E-state index in [0.717, 1.165) is 51.7 Å². The quantitative estimate of drug-likeness (QED) is 0.787. The zero-order valence-electron chi connectivity index (χ0n) is 11.4. The second kappa shape index (κ2) is 6.53. The van der Waals surface area contributed by atoms with Crippen molar-refractivity contribution in [1.29, 1.82) is 0 Å². The van der Waals surface area contributed by atoms with Crippen molar-refractivity contribution in [1.82, 2.24) is 10.2 Å². The summed E-state index contributed by atoms with van der Waals surface area (Å²) in [5.41, 5.74) is 0. The molecule has 3 unspecified atom stereocenters. The predicted octanol–water partition coefficient (Wildman–Crippen LogP) is 0.995. The molecule has 1 amide bonds. The van der Waals surface area contributed by atoms with Gasteiger partial charge in [-0.25, -0.2) is 0 Å². The summed E-state index contributed by atoms with van der Waals surface area (Å²) in [6.07, 6.45) is 4.99. The van der Waals surface area contributed by atoms with Crippen molar-refractivity contribution >= 4 is 5.91 Å². The maximum Gasteiger partial charge on any atom is 0.226 e. The first-order chi connectivity index (χ1) is 8.74. The van der Waals surface area contributed by atoms with Crippen LogP contribution in [0.2, 0.25) is 0 Å². The molecule has 104 valence electrons. The molecule has 0 radical (unpaired) electrons. The van der Waals surface area contributed by atoms with E-state index >= 15 is 0 Å². The Morgan fingerprint density at radius 1 is 1.44 bits per heavy atom. The summed E-state index contributed by atoms with van der Waals surface area (Å²) in [4.78, 5) is 14.7. The predicted molar refractivity (Wildman–Crippen MR) is 71.2 cm³/mol. The molecule has 4 nitrogen and oxygen atoms in total. The van der Waals surface area contributed by atoms with Crippen LogP contribution in [0.3, 0.4) is 0 Å². The Morgan fingerprint density at radius 3 is 3.00 bits per heavy atom. The number of carbonyl (C=O) groups excluding carboxylic acids is 1. The van der Waals surface area contributed by atoms with E-state index in [1.807, 2.05) is 0 Å². The van der Waals surface area contributed by atoms with Crippen LogP contribution in [0.1, 0.15) is 39.0 Å². The average Bonchev–Trinajstić information content (AvgIpc) is 2.84. The first-order valence-electron chi connectivity index (χ1n) is 7.36. The van der Waals surface area contributed by atoms with Gasteiger partial charge < -0.3 is 15.3 Å². The van der Waals surface area contributed by atoms with E-state index in [1.54, 1.807) is 0 Å². The molecule has 3 atom stereocenters. The number of likely N-dealkylation sites (tertiary alicyclic amines) is 1. The number of aliphatic hydroxyl groups excluding tert-OH is 1. The zero-order chi connectivity index (χ0) is 13.0. The molecule has 2 N–H and O–H groups in total. The monoisotopic (exact) mass is 254 g/mol. The first-order valence-corrected chi connectivity index (χ1v) is 7.36. The van der Waals surface area contributed by atoms with Gasteiger partial charge >= 0.3 is 0 Å². The molecule has 2 rings (SSSR count). The molecule has 2 fully saturated rings. The smallest absolute Gasteiger partial charge is 0.226 e. The molecule has 0 saturated carbocycles. The molecule has 0 spiro atoms. The number of hydrogen-bond donors (Lipinski definition) is 2. The van der Waals surface area contributed by atoms with Crippen molar-refractivity contribution in [3.63, 3.8) is 0 Å². The van der Waals surface area contributed by atoms with Crippen LogP contribution in [0.5, 0.6) is 0 Å². The number of rotatable bonds is 4. The highest BCUT2D eigenvalue weighted by Gasteiger charge is 2.35. The van der Waals surface area contributed by atoms with Gasteiger partial charge in [-0.1, -0.05) is 6.92 Å². The molecule has 0 aromatic rings. The third-order valence-corrected chi connectivity index (χ3v) is 4.46. The Morgan fingerprint density at radius 2 is 2.28 bits per heavy atom. The van der Waals surface area contributed by atoms with E-state index in [-0.39, 0.29) is 12.5 Å². The molecule has 4 heteroatoms. The van der Waals surface area contributed by atoms with Gasteiger partial charge in [-0.3, -0.25) is 4.79 Å². The largest absolute Gasteiger partial charge is 0.396 e. The zero-order valence-corrected chi connectivity index (χ0v) is 11.4. The van der Waals surface area contributed by atoms with Crippen LogP contribution < -0.4 is 5.32 Å². The SMILES string of the molecule is CC1CNCCC1C(=O)N1CCCC1CCCO. The van der Waals surface area contributed by atoms with E-state index in [2.05, 4.69) is 17.1 Å². The first kappa shape index (κ1) is 13.8. The topological polar surface area (TPSA) is 52.6 Å². The minimum Gasteiger partial charge on any atom is -0.396 e. The molecule has 2 saturated heterocycles. The van der Waals surface area contributed by atoms with E-state index in [1.165, 1.54) is 0 Å². The van der Waals surface area contributed by atoms with Crippen molar-refractivity contribution < 1.29 is 9.90 Å². The molecule has 2 heterocycles.